The van der Waals surface area contributed by atoms with Crippen molar-refractivity contribution in [1.82, 2.24) is 5.32 Å². The monoisotopic (exact) mass is 620 g/mol. The Hall–Kier alpha value is -0.800. The Labute approximate surface area is 257 Å². The third-order valence-corrected chi connectivity index (χ3v) is 8.41. The van der Waals surface area contributed by atoms with Gasteiger partial charge in [-0.05, 0) is 38.5 Å². The highest BCUT2D eigenvalue weighted by molar-refractivity contribution is 7.47. The van der Waals surface area contributed by atoms with Crippen molar-refractivity contribution in [2.75, 3.05) is 19.8 Å². The topological polar surface area (TPSA) is 151 Å². The summed E-state index contributed by atoms with van der Waals surface area (Å²) in [5.74, 6) is -0.424. The molecule has 0 bridgehead atoms. The second-order valence-electron chi connectivity index (χ2n) is 11.6. The molecule has 4 atom stereocenters. The molecule has 0 heterocycles. The number of hydrogen-bond donors (Lipinski definition) is 5. The van der Waals surface area contributed by atoms with E-state index in [2.05, 4.69) is 31.3 Å². The van der Waals surface area contributed by atoms with Gasteiger partial charge >= 0.3 is 7.82 Å². The largest absolute Gasteiger partial charge is 0.472 e. The van der Waals surface area contributed by atoms with E-state index in [0.717, 1.165) is 51.4 Å². The number of hydrogen-bond acceptors (Lipinski definition) is 7. The molecule has 0 fully saturated rings. The summed E-state index contributed by atoms with van der Waals surface area (Å²) in [6, 6.07) is -0.892. The van der Waals surface area contributed by atoms with Crippen molar-refractivity contribution in [2.24, 2.45) is 5.73 Å². The summed E-state index contributed by atoms with van der Waals surface area (Å²) in [5.41, 5.74) is 5.32. The Morgan fingerprint density at radius 3 is 1.86 bits per heavy atom. The van der Waals surface area contributed by atoms with Crippen LogP contribution in [0.5, 0.6) is 0 Å². The van der Waals surface area contributed by atoms with Gasteiger partial charge in [-0.25, -0.2) is 4.57 Å². The quantitative estimate of drug-likeness (QED) is 0.0313. The lowest BCUT2D eigenvalue weighted by Crippen LogP contribution is -2.47. The molecule has 0 aromatic heterocycles. The van der Waals surface area contributed by atoms with Gasteiger partial charge in [-0.2, -0.15) is 0 Å². The van der Waals surface area contributed by atoms with E-state index < -0.39 is 32.0 Å². The predicted molar refractivity (Wildman–Crippen MR) is 172 cm³/mol. The van der Waals surface area contributed by atoms with Gasteiger partial charge < -0.3 is 26.2 Å². The molecule has 0 spiro atoms. The van der Waals surface area contributed by atoms with E-state index >= 15 is 0 Å². The zero-order valence-electron chi connectivity index (χ0n) is 26.9. The average Bonchev–Trinajstić information content (AvgIpc) is 2.96. The zero-order valence-corrected chi connectivity index (χ0v) is 27.8. The summed E-state index contributed by atoms with van der Waals surface area (Å²) in [6.07, 6.45) is 24.2. The van der Waals surface area contributed by atoms with Crippen LogP contribution >= 0.6 is 7.82 Å². The van der Waals surface area contributed by atoms with Crippen LogP contribution in [-0.4, -0.2) is 59.0 Å². The Kier molecular flexibility index (Phi) is 28.4. The number of phosphoric ester groups is 1. The number of aliphatic hydroxyl groups excluding tert-OH is 2. The number of aliphatic hydroxyl groups is 2. The van der Waals surface area contributed by atoms with Crippen LogP contribution in [0.25, 0.3) is 0 Å². The number of nitrogens with one attached hydrogen (secondary N) is 1. The van der Waals surface area contributed by atoms with E-state index in [9.17, 15) is 24.5 Å². The van der Waals surface area contributed by atoms with Crippen LogP contribution in [0.3, 0.4) is 0 Å². The molecule has 0 aliphatic heterocycles. The van der Waals surface area contributed by atoms with Crippen LogP contribution in [-0.2, 0) is 18.4 Å². The number of rotatable bonds is 31. The van der Waals surface area contributed by atoms with Crippen LogP contribution in [0, 0.1) is 0 Å². The maximum atomic E-state index is 12.7. The van der Waals surface area contributed by atoms with Crippen molar-refractivity contribution < 1.29 is 33.5 Å². The number of nitrogens with two attached hydrogens (primary N) is 1. The highest BCUT2D eigenvalue weighted by Crippen LogP contribution is 2.43. The average molecular weight is 621 g/mol. The van der Waals surface area contributed by atoms with Gasteiger partial charge in [0.2, 0.25) is 5.91 Å². The molecule has 9 nitrogen and oxygen atoms in total. The maximum Gasteiger partial charge on any atom is 0.472 e. The lowest BCUT2D eigenvalue weighted by Gasteiger charge is -2.25. The Bertz CT molecular complexity index is 696. The number of phosphoric acid groups is 1. The molecule has 10 heteroatoms. The van der Waals surface area contributed by atoms with Gasteiger partial charge in [-0.3, -0.25) is 13.8 Å². The Balaban J connectivity index is 4.38. The van der Waals surface area contributed by atoms with E-state index in [1.807, 2.05) is 0 Å². The van der Waals surface area contributed by atoms with Gasteiger partial charge in [0.15, 0.2) is 0 Å². The fourth-order valence-corrected chi connectivity index (χ4v) is 5.58. The van der Waals surface area contributed by atoms with Gasteiger partial charge in [0, 0.05) is 6.54 Å². The van der Waals surface area contributed by atoms with E-state index in [1.165, 1.54) is 64.2 Å². The number of carbonyl (C=O) groups excluding carboxylic acids is 1. The standard InChI is InChI=1S/C32H65N2O7P/c1-3-5-7-9-11-12-13-14-15-16-18-19-21-23-29(35)27-32(37)34-30(28-41-42(38,39)40-26-25-33)31(36)24-22-20-17-10-8-6-4-2/h12-13,29-31,35-36H,3-11,14-28,33H2,1-2H3,(H,34,37)(H,38,39)/b13-12-. The predicted octanol–water partition coefficient (Wildman–Crippen LogP) is 7.07. The third-order valence-electron chi connectivity index (χ3n) is 7.42. The van der Waals surface area contributed by atoms with Crippen LogP contribution in [0.1, 0.15) is 149 Å². The first-order valence-electron chi connectivity index (χ1n) is 16.9. The van der Waals surface area contributed by atoms with Crippen molar-refractivity contribution in [2.45, 2.75) is 167 Å². The second kappa shape index (κ2) is 28.9. The molecule has 42 heavy (non-hydrogen) atoms. The first-order chi connectivity index (χ1) is 20.3. The van der Waals surface area contributed by atoms with Crippen molar-refractivity contribution in [3.63, 3.8) is 0 Å². The molecular formula is C32H65N2O7P. The smallest absolute Gasteiger partial charge is 0.393 e. The summed E-state index contributed by atoms with van der Waals surface area (Å²) < 4.78 is 21.9. The molecule has 0 rings (SSSR count). The molecule has 0 aliphatic carbocycles. The van der Waals surface area contributed by atoms with Crippen LogP contribution in [0.4, 0.5) is 0 Å². The molecular weight excluding hydrogens is 555 g/mol. The Morgan fingerprint density at radius 1 is 0.786 bits per heavy atom. The van der Waals surface area contributed by atoms with E-state index in [1.54, 1.807) is 0 Å². The van der Waals surface area contributed by atoms with Gasteiger partial charge in [-0.1, -0.05) is 116 Å². The molecule has 0 saturated carbocycles. The SMILES string of the molecule is CCCCCC/C=C\CCCCCCCC(O)CC(=O)NC(COP(=O)(O)OCCN)C(O)CCCCCCCCC. The highest BCUT2D eigenvalue weighted by atomic mass is 31.2. The number of unbranched alkanes of at least 4 members (excludes halogenated alkanes) is 15. The second-order valence-corrected chi connectivity index (χ2v) is 13.0. The maximum absolute atomic E-state index is 12.7. The van der Waals surface area contributed by atoms with Gasteiger partial charge in [-0.15, -0.1) is 0 Å². The van der Waals surface area contributed by atoms with E-state index in [4.69, 9.17) is 14.8 Å². The summed E-state index contributed by atoms with van der Waals surface area (Å²) in [5, 5.41) is 23.8. The lowest BCUT2D eigenvalue weighted by molar-refractivity contribution is -0.125. The fraction of sp³-hybridized carbons (Fsp3) is 0.906. The van der Waals surface area contributed by atoms with Crippen LogP contribution in [0.15, 0.2) is 12.2 Å². The third kappa shape index (κ3) is 26.8. The molecule has 0 aromatic rings. The van der Waals surface area contributed by atoms with Crippen LogP contribution in [0.2, 0.25) is 0 Å². The number of amides is 1. The molecule has 6 N–H and O–H groups in total. The fourth-order valence-electron chi connectivity index (χ4n) is 4.82. The Morgan fingerprint density at radius 2 is 1.29 bits per heavy atom. The number of allylic oxidation sites excluding steroid dienone is 2. The first kappa shape index (κ1) is 41.2. The normalized spacial score (nSPS) is 15.5. The minimum absolute atomic E-state index is 0.0590. The van der Waals surface area contributed by atoms with Crippen LogP contribution < -0.4 is 11.1 Å². The lowest BCUT2D eigenvalue weighted by atomic mass is 10.0. The molecule has 1 amide bonds. The molecule has 0 saturated heterocycles. The molecule has 0 radical (unpaired) electrons. The summed E-state index contributed by atoms with van der Waals surface area (Å²) >= 11 is 0. The minimum atomic E-state index is -4.35. The molecule has 0 aliphatic rings. The number of carbonyl (C=O) groups is 1. The van der Waals surface area contributed by atoms with Crippen molar-refractivity contribution in [3.8, 4) is 0 Å². The van der Waals surface area contributed by atoms with E-state index in [0.29, 0.717) is 12.8 Å². The van der Waals surface area contributed by atoms with Crippen molar-refractivity contribution in [3.05, 3.63) is 12.2 Å². The summed E-state index contributed by atoms with van der Waals surface area (Å²) in [6.45, 7) is 3.94. The van der Waals surface area contributed by atoms with Crippen molar-refractivity contribution in [1.29, 1.82) is 0 Å². The van der Waals surface area contributed by atoms with Crippen molar-refractivity contribution >= 4 is 13.7 Å². The summed E-state index contributed by atoms with van der Waals surface area (Å²) in [7, 11) is -4.35. The van der Waals surface area contributed by atoms with E-state index in [-0.39, 0.29) is 26.2 Å². The zero-order chi connectivity index (χ0) is 31.3. The first-order valence-corrected chi connectivity index (χ1v) is 18.4. The van der Waals surface area contributed by atoms with Gasteiger partial charge in [0.1, 0.15) is 0 Å². The minimum Gasteiger partial charge on any atom is -0.393 e. The molecule has 4 unspecified atom stereocenters. The highest BCUT2D eigenvalue weighted by Gasteiger charge is 2.28. The van der Waals surface area contributed by atoms with Gasteiger partial charge in [0.05, 0.1) is 37.9 Å². The van der Waals surface area contributed by atoms with Gasteiger partial charge in [0.25, 0.3) is 0 Å². The molecule has 250 valence electrons. The molecule has 0 aromatic carbocycles. The summed E-state index contributed by atoms with van der Waals surface area (Å²) in [4.78, 5) is 22.5.